The second-order valence-corrected chi connectivity index (χ2v) is 5.21. The first-order chi connectivity index (χ1) is 9.81. The Kier molecular flexibility index (Phi) is 3.44. The first-order valence-corrected chi connectivity index (χ1v) is 6.92. The minimum absolute atomic E-state index is 0.0425. The van der Waals surface area contributed by atoms with Crippen LogP contribution in [0.4, 0.5) is 0 Å². The van der Waals surface area contributed by atoms with Crippen LogP contribution in [-0.4, -0.2) is 17.0 Å². The highest BCUT2D eigenvalue weighted by atomic mass is 16.2. The molecule has 0 spiro atoms. The lowest BCUT2D eigenvalue weighted by Crippen LogP contribution is -2.33. The van der Waals surface area contributed by atoms with Crippen molar-refractivity contribution in [2.24, 2.45) is 5.11 Å². The first kappa shape index (κ1) is 12.8. The van der Waals surface area contributed by atoms with Gasteiger partial charge in [0.1, 0.15) is 6.17 Å². The molecule has 3 rings (SSSR count). The predicted octanol–water partition coefficient (Wildman–Crippen LogP) is 3.54. The van der Waals surface area contributed by atoms with Crippen molar-refractivity contribution in [1.29, 1.82) is 0 Å². The third-order valence-corrected chi connectivity index (χ3v) is 3.99. The molecule has 2 aliphatic rings. The van der Waals surface area contributed by atoms with E-state index in [9.17, 15) is 4.79 Å². The number of hydrogen-bond donors (Lipinski definition) is 0. The van der Waals surface area contributed by atoms with Crippen LogP contribution in [0.1, 0.15) is 31.2 Å². The number of amides is 1. The van der Waals surface area contributed by atoms with Crippen LogP contribution >= 0.6 is 0 Å². The van der Waals surface area contributed by atoms with E-state index in [-0.39, 0.29) is 5.91 Å². The van der Waals surface area contributed by atoms with Crippen molar-refractivity contribution in [2.45, 2.75) is 38.4 Å². The molecule has 1 heterocycles. The van der Waals surface area contributed by atoms with E-state index >= 15 is 0 Å². The van der Waals surface area contributed by atoms with E-state index in [1.807, 2.05) is 30.3 Å². The Bertz CT molecular complexity index is 602. The van der Waals surface area contributed by atoms with Gasteiger partial charge in [0.2, 0.25) is 0 Å². The van der Waals surface area contributed by atoms with Crippen molar-refractivity contribution in [2.75, 3.05) is 0 Å². The predicted molar refractivity (Wildman–Crippen MR) is 75.4 cm³/mol. The number of rotatable bonds is 3. The fraction of sp³-hybridized carbons (Fsp3) is 0.400. The van der Waals surface area contributed by atoms with E-state index in [1.165, 1.54) is 0 Å². The van der Waals surface area contributed by atoms with E-state index in [4.69, 9.17) is 5.53 Å². The molecule has 1 aromatic rings. The molecule has 1 aromatic carbocycles. The van der Waals surface area contributed by atoms with Crippen LogP contribution in [0.2, 0.25) is 0 Å². The van der Waals surface area contributed by atoms with Crippen LogP contribution in [-0.2, 0) is 11.3 Å². The third-order valence-electron chi connectivity index (χ3n) is 3.99. The number of nitrogens with zero attached hydrogens (tertiary/aromatic N) is 4. The smallest absolute Gasteiger partial charge is 0.250 e. The van der Waals surface area contributed by atoms with Crippen molar-refractivity contribution < 1.29 is 4.79 Å². The molecule has 0 N–H and O–H groups in total. The molecular weight excluding hydrogens is 252 g/mol. The molecule has 0 saturated carbocycles. The van der Waals surface area contributed by atoms with Gasteiger partial charge in [-0.15, -0.1) is 0 Å². The molecule has 0 unspecified atom stereocenters. The lowest BCUT2D eigenvalue weighted by Gasteiger charge is -2.23. The van der Waals surface area contributed by atoms with Gasteiger partial charge in [0.15, 0.2) is 0 Å². The fourth-order valence-electron chi connectivity index (χ4n) is 3.05. The minimum atomic E-state index is -0.428. The lowest BCUT2D eigenvalue weighted by molar-refractivity contribution is -0.127. The number of azide groups is 1. The molecule has 0 fully saturated rings. The van der Waals surface area contributed by atoms with Crippen LogP contribution < -0.4 is 0 Å². The van der Waals surface area contributed by atoms with Gasteiger partial charge in [0.25, 0.3) is 5.91 Å². The van der Waals surface area contributed by atoms with Gasteiger partial charge in [0, 0.05) is 17.0 Å². The van der Waals surface area contributed by atoms with Crippen LogP contribution in [0, 0.1) is 0 Å². The van der Waals surface area contributed by atoms with E-state index in [2.05, 4.69) is 10.0 Å². The second kappa shape index (κ2) is 5.39. The lowest BCUT2D eigenvalue weighted by atomic mass is 9.93. The number of hydrogen-bond acceptors (Lipinski definition) is 2. The van der Waals surface area contributed by atoms with E-state index in [0.717, 1.165) is 42.4 Å². The highest BCUT2D eigenvalue weighted by molar-refractivity contribution is 5.97. The van der Waals surface area contributed by atoms with E-state index in [1.54, 1.807) is 4.90 Å². The third kappa shape index (κ3) is 2.17. The largest absolute Gasteiger partial charge is 0.322 e. The Morgan fingerprint density at radius 1 is 1.25 bits per heavy atom. The zero-order chi connectivity index (χ0) is 13.9. The molecule has 0 bridgehead atoms. The molecule has 5 nitrogen and oxygen atoms in total. The zero-order valence-electron chi connectivity index (χ0n) is 11.2. The molecule has 0 saturated heterocycles. The average Bonchev–Trinajstić information content (AvgIpc) is 2.75. The Labute approximate surface area is 117 Å². The van der Waals surface area contributed by atoms with Crippen LogP contribution in [0.15, 0.2) is 46.6 Å². The standard InChI is InChI=1S/C15H16N4O/c16-18-17-14-12-8-4-5-9-13(12)15(20)19(14)10-11-6-2-1-3-7-11/h1-3,6-7,14H,4-5,8-10H2/t14-/m1/s1. The Morgan fingerprint density at radius 2 is 2.00 bits per heavy atom. The van der Waals surface area contributed by atoms with Crippen molar-refractivity contribution in [3.05, 3.63) is 57.5 Å². The van der Waals surface area contributed by atoms with Gasteiger partial charge in [-0.2, -0.15) is 0 Å². The number of benzene rings is 1. The summed E-state index contributed by atoms with van der Waals surface area (Å²) in [4.78, 5) is 17.1. The molecule has 1 aliphatic carbocycles. The monoisotopic (exact) mass is 268 g/mol. The molecule has 1 atom stereocenters. The summed E-state index contributed by atoms with van der Waals surface area (Å²) >= 11 is 0. The Hall–Kier alpha value is -2.26. The number of carbonyl (C=O) groups is 1. The highest BCUT2D eigenvalue weighted by Crippen LogP contribution is 2.37. The summed E-state index contributed by atoms with van der Waals surface area (Å²) in [6.45, 7) is 0.496. The van der Waals surface area contributed by atoms with Crippen LogP contribution in [0.3, 0.4) is 0 Å². The molecular formula is C15H16N4O. The van der Waals surface area contributed by atoms with Crippen molar-refractivity contribution in [3.8, 4) is 0 Å². The molecule has 0 radical (unpaired) electrons. The van der Waals surface area contributed by atoms with Gasteiger partial charge >= 0.3 is 0 Å². The topological polar surface area (TPSA) is 69.1 Å². The molecule has 20 heavy (non-hydrogen) atoms. The fourth-order valence-corrected chi connectivity index (χ4v) is 3.05. The average molecular weight is 268 g/mol. The van der Waals surface area contributed by atoms with Crippen LogP contribution in [0.25, 0.3) is 10.4 Å². The SMILES string of the molecule is [N-]=[N+]=N[C@H]1C2=C(CCCC2)C(=O)N1Cc1ccccc1. The van der Waals surface area contributed by atoms with Gasteiger partial charge in [-0.1, -0.05) is 35.4 Å². The summed E-state index contributed by atoms with van der Waals surface area (Å²) in [6, 6.07) is 9.82. The summed E-state index contributed by atoms with van der Waals surface area (Å²) in [7, 11) is 0. The van der Waals surface area contributed by atoms with Crippen molar-refractivity contribution in [3.63, 3.8) is 0 Å². The van der Waals surface area contributed by atoms with E-state index in [0.29, 0.717) is 6.54 Å². The normalized spacial score (nSPS) is 21.7. The maximum absolute atomic E-state index is 12.5. The Morgan fingerprint density at radius 3 is 2.75 bits per heavy atom. The van der Waals surface area contributed by atoms with Gasteiger partial charge in [-0.25, -0.2) is 0 Å². The van der Waals surface area contributed by atoms with Crippen LogP contribution in [0.5, 0.6) is 0 Å². The maximum Gasteiger partial charge on any atom is 0.250 e. The number of carbonyl (C=O) groups excluding carboxylic acids is 1. The quantitative estimate of drug-likeness (QED) is 0.469. The summed E-state index contributed by atoms with van der Waals surface area (Å²) in [5.41, 5.74) is 11.8. The summed E-state index contributed by atoms with van der Waals surface area (Å²) in [5.74, 6) is 0.0425. The van der Waals surface area contributed by atoms with Gasteiger partial charge in [-0.05, 0) is 42.4 Å². The van der Waals surface area contributed by atoms with Crippen molar-refractivity contribution in [1.82, 2.24) is 4.90 Å². The summed E-state index contributed by atoms with van der Waals surface area (Å²) in [5, 5.41) is 3.86. The van der Waals surface area contributed by atoms with E-state index < -0.39 is 6.17 Å². The highest BCUT2D eigenvalue weighted by Gasteiger charge is 2.38. The maximum atomic E-state index is 12.5. The summed E-state index contributed by atoms with van der Waals surface area (Å²) in [6.07, 6.45) is 3.38. The van der Waals surface area contributed by atoms with Gasteiger partial charge in [0.05, 0.1) is 0 Å². The van der Waals surface area contributed by atoms with Gasteiger partial charge in [-0.3, -0.25) is 4.79 Å². The van der Waals surface area contributed by atoms with Gasteiger partial charge < -0.3 is 4.90 Å². The second-order valence-electron chi connectivity index (χ2n) is 5.21. The Balaban J connectivity index is 1.91. The minimum Gasteiger partial charge on any atom is -0.322 e. The summed E-state index contributed by atoms with van der Waals surface area (Å²) < 4.78 is 0. The molecule has 102 valence electrons. The van der Waals surface area contributed by atoms with Crippen molar-refractivity contribution >= 4 is 5.91 Å². The molecule has 5 heteroatoms. The zero-order valence-corrected chi connectivity index (χ0v) is 11.2. The molecule has 1 aliphatic heterocycles. The molecule has 1 amide bonds. The molecule has 0 aromatic heterocycles. The first-order valence-electron chi connectivity index (χ1n) is 6.92.